The molecule has 4 aliphatic rings. The average Bonchev–Trinajstić information content (AvgIpc) is 2.91. The normalized spacial score (nSPS) is 47.3. The van der Waals surface area contributed by atoms with Gasteiger partial charge in [0.2, 0.25) is 0 Å². The zero-order chi connectivity index (χ0) is 17.6. The minimum Gasteiger partial charge on any atom is -0.463 e. The number of fused-ring (bicyclic) bond motifs is 5. The van der Waals surface area contributed by atoms with Gasteiger partial charge in [0, 0.05) is 13.0 Å². The van der Waals surface area contributed by atoms with Crippen LogP contribution in [0.5, 0.6) is 0 Å². The van der Waals surface area contributed by atoms with Crippen molar-refractivity contribution in [2.24, 2.45) is 35.0 Å². The van der Waals surface area contributed by atoms with Gasteiger partial charge in [0.15, 0.2) is 0 Å². The van der Waals surface area contributed by atoms with Crippen LogP contribution in [0.4, 0.5) is 0 Å². The Morgan fingerprint density at radius 2 is 1.96 bits per heavy atom. The summed E-state index contributed by atoms with van der Waals surface area (Å²) in [6.45, 7) is 3.97. The van der Waals surface area contributed by atoms with E-state index in [4.69, 9.17) is 10.00 Å². The summed E-state index contributed by atoms with van der Waals surface area (Å²) in [6, 6.07) is 2.30. The molecule has 0 amide bonds. The third-order valence-electron chi connectivity index (χ3n) is 8.33. The molecule has 3 heteroatoms. The van der Waals surface area contributed by atoms with Gasteiger partial charge in [-0.2, -0.15) is 5.26 Å². The summed E-state index contributed by atoms with van der Waals surface area (Å²) in [5.41, 5.74) is 1.69. The molecule has 25 heavy (non-hydrogen) atoms. The van der Waals surface area contributed by atoms with E-state index < -0.39 is 0 Å². The fourth-order valence-corrected chi connectivity index (χ4v) is 7.29. The van der Waals surface area contributed by atoms with Crippen molar-refractivity contribution in [1.29, 1.82) is 5.26 Å². The summed E-state index contributed by atoms with van der Waals surface area (Å²) in [7, 11) is 0. The molecule has 0 spiro atoms. The van der Waals surface area contributed by atoms with Gasteiger partial charge in [-0.1, -0.05) is 12.5 Å². The first-order valence-electron chi connectivity index (χ1n) is 10.3. The molecule has 0 radical (unpaired) electrons. The van der Waals surface area contributed by atoms with Crippen molar-refractivity contribution in [2.45, 2.75) is 77.7 Å². The highest BCUT2D eigenvalue weighted by Crippen LogP contribution is 2.64. The van der Waals surface area contributed by atoms with E-state index in [0.29, 0.717) is 0 Å². The van der Waals surface area contributed by atoms with Gasteiger partial charge in [0.1, 0.15) is 6.10 Å². The van der Waals surface area contributed by atoms with E-state index in [0.717, 1.165) is 48.9 Å². The molecule has 0 bridgehead atoms. The number of allylic oxidation sites excluding steroid dienone is 2. The van der Waals surface area contributed by atoms with Crippen molar-refractivity contribution < 1.29 is 9.53 Å². The monoisotopic (exact) mass is 341 g/mol. The number of hydrogen-bond donors (Lipinski definition) is 0. The molecule has 4 aliphatic carbocycles. The zero-order valence-electron chi connectivity index (χ0n) is 15.7. The Hall–Kier alpha value is -1.30. The fourth-order valence-electron chi connectivity index (χ4n) is 7.29. The van der Waals surface area contributed by atoms with E-state index in [1.165, 1.54) is 44.1 Å². The second kappa shape index (κ2) is 6.45. The van der Waals surface area contributed by atoms with Crippen molar-refractivity contribution in [3.05, 3.63) is 11.6 Å². The second-order valence-electron chi connectivity index (χ2n) is 9.27. The molecule has 0 aliphatic heterocycles. The Labute approximate surface area is 151 Å². The molecular weight excluding hydrogens is 310 g/mol. The van der Waals surface area contributed by atoms with Crippen molar-refractivity contribution in [2.75, 3.05) is 0 Å². The molecule has 4 rings (SSSR count). The van der Waals surface area contributed by atoms with Gasteiger partial charge in [-0.25, -0.2) is 0 Å². The molecule has 0 N–H and O–H groups in total. The lowest BCUT2D eigenvalue weighted by molar-refractivity contribution is -0.152. The highest BCUT2D eigenvalue weighted by molar-refractivity contribution is 5.66. The van der Waals surface area contributed by atoms with Crippen LogP contribution in [-0.4, -0.2) is 12.1 Å². The van der Waals surface area contributed by atoms with Crippen LogP contribution in [0.1, 0.15) is 71.6 Å². The topological polar surface area (TPSA) is 50.1 Å². The van der Waals surface area contributed by atoms with E-state index in [-0.39, 0.29) is 17.5 Å². The lowest BCUT2D eigenvalue weighted by Crippen LogP contribution is -2.48. The Morgan fingerprint density at radius 1 is 1.16 bits per heavy atom. The van der Waals surface area contributed by atoms with Gasteiger partial charge < -0.3 is 4.74 Å². The summed E-state index contributed by atoms with van der Waals surface area (Å²) in [5.74, 6) is 3.89. The molecule has 0 aromatic carbocycles. The summed E-state index contributed by atoms with van der Waals surface area (Å²) in [6.07, 6.45) is 13.1. The number of nitriles is 1. The third-order valence-corrected chi connectivity index (χ3v) is 8.33. The summed E-state index contributed by atoms with van der Waals surface area (Å²) in [4.78, 5) is 11.4. The predicted molar refractivity (Wildman–Crippen MR) is 96.4 cm³/mol. The fraction of sp³-hybridized carbons (Fsp3) is 0.818. The van der Waals surface area contributed by atoms with E-state index in [1.54, 1.807) is 6.92 Å². The second-order valence-corrected chi connectivity index (χ2v) is 9.27. The van der Waals surface area contributed by atoms with Gasteiger partial charge in [0.25, 0.3) is 0 Å². The molecule has 0 saturated heterocycles. The molecule has 0 aromatic heterocycles. The van der Waals surface area contributed by atoms with Crippen LogP contribution in [0.25, 0.3) is 0 Å². The Kier molecular flexibility index (Phi) is 4.42. The quantitative estimate of drug-likeness (QED) is 0.497. The predicted octanol–water partition coefficient (Wildman–Crippen LogP) is 5.02. The zero-order valence-corrected chi connectivity index (χ0v) is 15.7. The maximum atomic E-state index is 11.4. The van der Waals surface area contributed by atoms with E-state index in [9.17, 15) is 4.79 Å². The molecule has 136 valence electrons. The first kappa shape index (κ1) is 17.1. The Morgan fingerprint density at radius 3 is 2.72 bits per heavy atom. The standard InChI is InChI=1S/C22H31NO2/c1-14(24)25-17-6-3-15-4-7-19-18(20(15)13-17)9-11-22(2)16(10-12-23)5-8-21(19)22/h10,15,17-21H,3-9,11,13H2,1-2H3/b16-10-. The van der Waals surface area contributed by atoms with E-state index in [1.807, 2.05) is 6.08 Å². The molecule has 7 unspecified atom stereocenters. The van der Waals surface area contributed by atoms with Crippen LogP contribution >= 0.6 is 0 Å². The number of nitrogens with zero attached hydrogens (tertiary/aromatic N) is 1. The Balaban J connectivity index is 1.53. The summed E-state index contributed by atoms with van der Waals surface area (Å²) >= 11 is 0. The minimum atomic E-state index is -0.117. The lowest BCUT2D eigenvalue weighted by Gasteiger charge is -2.55. The largest absolute Gasteiger partial charge is 0.463 e. The van der Waals surface area contributed by atoms with Crippen LogP contribution in [-0.2, 0) is 9.53 Å². The summed E-state index contributed by atoms with van der Waals surface area (Å²) < 4.78 is 5.59. The number of esters is 1. The minimum absolute atomic E-state index is 0.117. The van der Waals surface area contributed by atoms with Crippen molar-refractivity contribution in [1.82, 2.24) is 0 Å². The van der Waals surface area contributed by atoms with Crippen molar-refractivity contribution >= 4 is 5.97 Å². The van der Waals surface area contributed by atoms with Crippen LogP contribution in [0, 0.1) is 46.3 Å². The summed E-state index contributed by atoms with van der Waals surface area (Å²) in [5, 5.41) is 9.15. The maximum Gasteiger partial charge on any atom is 0.302 e. The molecule has 0 heterocycles. The van der Waals surface area contributed by atoms with Gasteiger partial charge in [0.05, 0.1) is 6.07 Å². The molecule has 0 aromatic rings. The van der Waals surface area contributed by atoms with Crippen molar-refractivity contribution in [3.63, 3.8) is 0 Å². The number of rotatable bonds is 1. The molecule has 4 saturated carbocycles. The third kappa shape index (κ3) is 2.82. The molecule has 4 fully saturated rings. The van der Waals surface area contributed by atoms with Gasteiger partial charge >= 0.3 is 5.97 Å². The van der Waals surface area contributed by atoms with Crippen LogP contribution in [0.15, 0.2) is 11.6 Å². The molecule has 3 nitrogen and oxygen atoms in total. The van der Waals surface area contributed by atoms with Gasteiger partial charge in [-0.15, -0.1) is 0 Å². The smallest absolute Gasteiger partial charge is 0.302 e. The Bertz CT molecular complexity index is 618. The van der Waals surface area contributed by atoms with E-state index in [2.05, 4.69) is 13.0 Å². The first-order valence-corrected chi connectivity index (χ1v) is 10.3. The first-order chi connectivity index (χ1) is 12.0. The maximum absolute atomic E-state index is 11.4. The number of carbonyl (C=O) groups is 1. The highest BCUT2D eigenvalue weighted by atomic mass is 16.5. The number of ether oxygens (including phenoxy) is 1. The van der Waals surface area contributed by atoms with Gasteiger partial charge in [-0.3, -0.25) is 4.79 Å². The van der Waals surface area contributed by atoms with Crippen LogP contribution in [0.3, 0.4) is 0 Å². The lowest BCUT2D eigenvalue weighted by atomic mass is 9.50. The molecule has 7 atom stereocenters. The van der Waals surface area contributed by atoms with Gasteiger partial charge in [-0.05, 0) is 92.8 Å². The average molecular weight is 341 g/mol. The van der Waals surface area contributed by atoms with Crippen molar-refractivity contribution in [3.8, 4) is 6.07 Å². The number of hydrogen-bond acceptors (Lipinski definition) is 3. The van der Waals surface area contributed by atoms with Crippen LogP contribution in [0.2, 0.25) is 0 Å². The van der Waals surface area contributed by atoms with E-state index >= 15 is 0 Å². The van der Waals surface area contributed by atoms with Crippen LogP contribution < -0.4 is 0 Å². The highest BCUT2D eigenvalue weighted by Gasteiger charge is 2.55. The SMILES string of the molecule is CC(=O)OC1CCC2CCC3C(CCC4(C)/C(=C\C#N)CCC34)C2C1. The number of carbonyl (C=O) groups excluding carboxylic acids is 1. The molecular formula is C22H31NO2.